The summed E-state index contributed by atoms with van der Waals surface area (Å²) in [6.07, 6.45) is 5.62. The first-order valence-corrected chi connectivity index (χ1v) is 6.91. The molecule has 0 saturated heterocycles. The average molecular weight is 266 g/mol. The van der Waals surface area contributed by atoms with Crippen LogP contribution in [0.25, 0.3) is 0 Å². The molecule has 0 aromatic heterocycles. The van der Waals surface area contributed by atoms with Gasteiger partial charge in [0.25, 0.3) is 0 Å². The first-order valence-electron chi connectivity index (χ1n) is 6.53. The van der Waals surface area contributed by atoms with Crippen LogP contribution in [-0.4, -0.2) is 24.8 Å². The lowest BCUT2D eigenvalue weighted by molar-refractivity contribution is -0.116. The molecular formula is C15H20ClNO. The monoisotopic (exact) mass is 265 g/mol. The molecular weight excluding hydrogens is 246 g/mol. The molecule has 2 nitrogen and oxygen atoms in total. The third kappa shape index (κ3) is 3.33. The number of rotatable bonds is 5. The Morgan fingerprint density at radius 2 is 2.11 bits per heavy atom. The predicted octanol–water partition coefficient (Wildman–Crippen LogP) is 3.53. The van der Waals surface area contributed by atoms with E-state index in [2.05, 4.69) is 18.0 Å². The van der Waals surface area contributed by atoms with Gasteiger partial charge in [-0.05, 0) is 37.6 Å². The zero-order chi connectivity index (χ0) is 13.0. The van der Waals surface area contributed by atoms with E-state index in [9.17, 15) is 4.79 Å². The van der Waals surface area contributed by atoms with Crippen molar-refractivity contribution in [3.8, 4) is 0 Å². The standard InChI is InChI=1S/C15H20ClNO/c1-17(10-13-5-4-6-14(16)9-13)11-15(12-18)7-2-3-8-15/h4-6,9,12H,2-3,7-8,10-11H2,1H3. The minimum atomic E-state index is -0.104. The summed E-state index contributed by atoms with van der Waals surface area (Å²) in [5, 5.41) is 0.770. The number of benzene rings is 1. The van der Waals surface area contributed by atoms with E-state index in [0.29, 0.717) is 0 Å². The van der Waals surface area contributed by atoms with Crippen molar-refractivity contribution in [3.63, 3.8) is 0 Å². The quantitative estimate of drug-likeness (QED) is 0.759. The topological polar surface area (TPSA) is 20.3 Å². The van der Waals surface area contributed by atoms with E-state index >= 15 is 0 Å². The Morgan fingerprint density at radius 3 is 2.72 bits per heavy atom. The zero-order valence-electron chi connectivity index (χ0n) is 10.9. The van der Waals surface area contributed by atoms with Gasteiger partial charge in [-0.15, -0.1) is 0 Å². The molecule has 1 saturated carbocycles. The summed E-state index contributed by atoms with van der Waals surface area (Å²) < 4.78 is 0. The number of carbonyl (C=O) groups excluding carboxylic acids is 1. The molecule has 0 aliphatic heterocycles. The van der Waals surface area contributed by atoms with Crippen LogP contribution in [0.1, 0.15) is 31.2 Å². The van der Waals surface area contributed by atoms with Gasteiger partial charge in [-0.25, -0.2) is 0 Å². The maximum absolute atomic E-state index is 11.3. The molecule has 0 amide bonds. The van der Waals surface area contributed by atoms with Crippen LogP contribution in [-0.2, 0) is 11.3 Å². The highest BCUT2D eigenvalue weighted by atomic mass is 35.5. The fraction of sp³-hybridized carbons (Fsp3) is 0.533. The van der Waals surface area contributed by atoms with Gasteiger partial charge in [-0.3, -0.25) is 0 Å². The second-order valence-electron chi connectivity index (χ2n) is 5.49. The lowest BCUT2D eigenvalue weighted by Gasteiger charge is -2.28. The van der Waals surface area contributed by atoms with E-state index in [-0.39, 0.29) is 5.41 Å². The van der Waals surface area contributed by atoms with Gasteiger partial charge in [0.2, 0.25) is 0 Å². The van der Waals surface area contributed by atoms with E-state index in [1.807, 2.05) is 18.2 Å². The zero-order valence-corrected chi connectivity index (χ0v) is 11.6. The van der Waals surface area contributed by atoms with Crippen LogP contribution < -0.4 is 0 Å². The van der Waals surface area contributed by atoms with Gasteiger partial charge < -0.3 is 9.69 Å². The van der Waals surface area contributed by atoms with Gasteiger partial charge in [-0.1, -0.05) is 36.6 Å². The summed E-state index contributed by atoms with van der Waals surface area (Å²) in [7, 11) is 2.07. The van der Waals surface area contributed by atoms with Gasteiger partial charge in [0.05, 0.1) is 0 Å². The highest BCUT2D eigenvalue weighted by molar-refractivity contribution is 6.30. The van der Waals surface area contributed by atoms with Crippen LogP contribution in [0.4, 0.5) is 0 Å². The van der Waals surface area contributed by atoms with Gasteiger partial charge in [-0.2, -0.15) is 0 Å². The molecule has 98 valence electrons. The molecule has 0 unspecified atom stereocenters. The Hall–Kier alpha value is -0.860. The van der Waals surface area contributed by atoms with Crippen molar-refractivity contribution in [3.05, 3.63) is 34.9 Å². The van der Waals surface area contributed by atoms with Crippen LogP contribution in [0.3, 0.4) is 0 Å². The van der Waals surface area contributed by atoms with E-state index < -0.39 is 0 Å². The molecule has 1 aromatic rings. The molecule has 0 radical (unpaired) electrons. The smallest absolute Gasteiger partial charge is 0.127 e. The molecule has 1 fully saturated rings. The van der Waals surface area contributed by atoms with Crippen LogP contribution in [0.5, 0.6) is 0 Å². The summed E-state index contributed by atoms with van der Waals surface area (Å²) >= 11 is 5.98. The molecule has 3 heteroatoms. The summed E-state index contributed by atoms with van der Waals surface area (Å²) in [4.78, 5) is 13.6. The number of halogens is 1. The van der Waals surface area contributed by atoms with Crippen molar-refractivity contribution < 1.29 is 4.79 Å². The second kappa shape index (κ2) is 5.85. The van der Waals surface area contributed by atoms with Crippen molar-refractivity contribution in [2.75, 3.05) is 13.6 Å². The van der Waals surface area contributed by atoms with Crippen molar-refractivity contribution >= 4 is 17.9 Å². The van der Waals surface area contributed by atoms with Gasteiger partial charge >= 0.3 is 0 Å². The minimum absolute atomic E-state index is 0.104. The predicted molar refractivity (Wildman–Crippen MR) is 74.8 cm³/mol. The Bertz CT molecular complexity index is 413. The van der Waals surface area contributed by atoms with E-state index in [1.54, 1.807) is 0 Å². The Balaban J connectivity index is 1.96. The molecule has 0 bridgehead atoms. The Morgan fingerprint density at radius 1 is 1.39 bits per heavy atom. The lowest BCUT2D eigenvalue weighted by atomic mass is 9.87. The van der Waals surface area contributed by atoms with Gasteiger partial charge in [0, 0.05) is 23.5 Å². The number of aldehydes is 1. The van der Waals surface area contributed by atoms with Crippen molar-refractivity contribution in [1.82, 2.24) is 4.90 Å². The number of hydrogen-bond donors (Lipinski definition) is 0. The fourth-order valence-electron chi connectivity index (χ4n) is 2.93. The van der Waals surface area contributed by atoms with E-state index in [0.717, 1.165) is 31.0 Å². The highest BCUT2D eigenvalue weighted by Gasteiger charge is 2.34. The summed E-state index contributed by atoms with van der Waals surface area (Å²) in [6, 6.07) is 7.91. The van der Waals surface area contributed by atoms with Gasteiger partial charge in [0.1, 0.15) is 6.29 Å². The van der Waals surface area contributed by atoms with Crippen LogP contribution in [0, 0.1) is 5.41 Å². The van der Waals surface area contributed by atoms with Crippen molar-refractivity contribution in [2.24, 2.45) is 5.41 Å². The lowest BCUT2D eigenvalue weighted by Crippen LogP contribution is -2.34. The molecule has 2 rings (SSSR count). The average Bonchev–Trinajstić information content (AvgIpc) is 2.78. The summed E-state index contributed by atoms with van der Waals surface area (Å²) in [5.74, 6) is 0. The van der Waals surface area contributed by atoms with E-state index in [1.165, 1.54) is 24.7 Å². The first-order chi connectivity index (χ1) is 8.63. The largest absolute Gasteiger partial charge is 0.303 e. The molecule has 18 heavy (non-hydrogen) atoms. The third-order valence-electron chi connectivity index (χ3n) is 3.78. The SMILES string of the molecule is CN(Cc1cccc(Cl)c1)CC1(C=O)CCCC1. The molecule has 1 aromatic carbocycles. The molecule has 1 aliphatic rings. The molecule has 0 heterocycles. The summed E-state index contributed by atoms with van der Waals surface area (Å²) in [5.41, 5.74) is 1.09. The first kappa shape index (κ1) is 13.6. The van der Waals surface area contributed by atoms with E-state index in [4.69, 9.17) is 11.6 Å². The minimum Gasteiger partial charge on any atom is -0.303 e. The highest BCUT2D eigenvalue weighted by Crippen LogP contribution is 2.36. The van der Waals surface area contributed by atoms with Crippen LogP contribution >= 0.6 is 11.6 Å². The molecule has 0 spiro atoms. The summed E-state index contributed by atoms with van der Waals surface area (Å²) in [6.45, 7) is 1.69. The Labute approximate surface area is 114 Å². The second-order valence-corrected chi connectivity index (χ2v) is 5.93. The van der Waals surface area contributed by atoms with Crippen molar-refractivity contribution in [1.29, 1.82) is 0 Å². The third-order valence-corrected chi connectivity index (χ3v) is 4.01. The molecule has 0 atom stereocenters. The molecule has 1 aliphatic carbocycles. The molecule has 0 N–H and O–H groups in total. The Kier molecular flexibility index (Phi) is 4.41. The van der Waals surface area contributed by atoms with Crippen molar-refractivity contribution in [2.45, 2.75) is 32.2 Å². The number of carbonyl (C=O) groups is 1. The fourth-order valence-corrected chi connectivity index (χ4v) is 3.15. The maximum atomic E-state index is 11.3. The maximum Gasteiger partial charge on any atom is 0.127 e. The van der Waals surface area contributed by atoms with Crippen LogP contribution in [0.15, 0.2) is 24.3 Å². The van der Waals surface area contributed by atoms with Gasteiger partial charge in [0.15, 0.2) is 0 Å². The van der Waals surface area contributed by atoms with Crippen LogP contribution in [0.2, 0.25) is 5.02 Å². The number of hydrogen-bond acceptors (Lipinski definition) is 2. The normalized spacial score (nSPS) is 18.2. The number of nitrogens with zero attached hydrogens (tertiary/aromatic N) is 1.